The number of rotatable bonds is 5. The lowest BCUT2D eigenvalue weighted by atomic mass is 10.1. The molecule has 0 fully saturated rings. The zero-order valence-corrected chi connectivity index (χ0v) is 16.9. The van der Waals surface area contributed by atoms with Gasteiger partial charge < -0.3 is 14.6 Å². The maximum absolute atomic E-state index is 13.5. The number of nitrogens with one attached hydrogen (secondary N) is 1. The SMILES string of the molecule is COc1ccc(C(=O)N(Cc2cc(=O)[nH]c3ccccc23)c2ccccc2C)cc1. The zero-order valence-electron chi connectivity index (χ0n) is 16.9. The van der Waals surface area contributed by atoms with Crippen LogP contribution in [0.2, 0.25) is 0 Å². The zero-order chi connectivity index (χ0) is 21.1. The van der Waals surface area contributed by atoms with Crippen LogP contribution in [0, 0.1) is 6.92 Å². The number of ether oxygens (including phenoxy) is 1. The Balaban J connectivity index is 1.81. The first-order valence-corrected chi connectivity index (χ1v) is 9.69. The summed E-state index contributed by atoms with van der Waals surface area (Å²) < 4.78 is 5.21. The molecule has 0 radical (unpaired) electrons. The van der Waals surface area contributed by atoms with Crippen LogP contribution in [0.4, 0.5) is 5.69 Å². The molecule has 0 unspecified atom stereocenters. The number of hydrogen-bond acceptors (Lipinski definition) is 3. The highest BCUT2D eigenvalue weighted by molar-refractivity contribution is 6.06. The van der Waals surface area contributed by atoms with E-state index < -0.39 is 0 Å². The van der Waals surface area contributed by atoms with E-state index in [1.54, 1.807) is 42.3 Å². The Bertz CT molecular complexity index is 1260. The summed E-state index contributed by atoms with van der Waals surface area (Å²) in [7, 11) is 1.59. The molecule has 3 aromatic carbocycles. The molecule has 0 atom stereocenters. The van der Waals surface area contributed by atoms with Gasteiger partial charge in [-0.3, -0.25) is 9.59 Å². The summed E-state index contributed by atoms with van der Waals surface area (Å²) in [6.45, 7) is 2.25. The number of amides is 1. The van der Waals surface area contributed by atoms with Crippen molar-refractivity contribution >= 4 is 22.5 Å². The minimum absolute atomic E-state index is 0.142. The first kappa shape index (κ1) is 19.5. The number of carbonyl (C=O) groups is 1. The molecule has 1 heterocycles. The third kappa shape index (κ3) is 3.82. The molecule has 0 saturated heterocycles. The molecule has 1 amide bonds. The fourth-order valence-electron chi connectivity index (χ4n) is 3.60. The summed E-state index contributed by atoms with van der Waals surface area (Å²) in [6.07, 6.45) is 0. The lowest BCUT2D eigenvalue weighted by Gasteiger charge is -2.25. The average molecular weight is 398 g/mol. The summed E-state index contributed by atoms with van der Waals surface area (Å²) in [5.74, 6) is 0.547. The number of H-pyrrole nitrogens is 1. The van der Waals surface area contributed by atoms with Crippen molar-refractivity contribution in [1.29, 1.82) is 0 Å². The second-order valence-electron chi connectivity index (χ2n) is 7.11. The molecule has 1 aromatic heterocycles. The van der Waals surface area contributed by atoms with Crippen molar-refractivity contribution < 1.29 is 9.53 Å². The van der Waals surface area contributed by atoms with Crippen molar-refractivity contribution in [1.82, 2.24) is 4.98 Å². The molecule has 150 valence electrons. The Labute approximate surface area is 174 Å². The van der Waals surface area contributed by atoms with Gasteiger partial charge in [-0.15, -0.1) is 0 Å². The first-order valence-electron chi connectivity index (χ1n) is 9.69. The molecule has 0 aliphatic rings. The number of benzene rings is 3. The molecule has 1 N–H and O–H groups in total. The number of fused-ring (bicyclic) bond motifs is 1. The van der Waals surface area contributed by atoms with E-state index in [0.717, 1.165) is 27.7 Å². The normalized spacial score (nSPS) is 10.7. The monoisotopic (exact) mass is 398 g/mol. The predicted molar refractivity (Wildman–Crippen MR) is 119 cm³/mol. The van der Waals surface area contributed by atoms with E-state index in [1.165, 1.54) is 0 Å². The molecule has 0 aliphatic carbocycles. The molecular formula is C25H22N2O3. The molecule has 5 heteroatoms. The van der Waals surface area contributed by atoms with Crippen LogP contribution in [-0.4, -0.2) is 18.0 Å². The molecule has 0 saturated carbocycles. The summed E-state index contributed by atoms with van der Waals surface area (Å²) >= 11 is 0. The van der Waals surface area contributed by atoms with E-state index in [2.05, 4.69) is 4.98 Å². The maximum Gasteiger partial charge on any atom is 0.258 e. The van der Waals surface area contributed by atoms with Gasteiger partial charge in [0, 0.05) is 28.2 Å². The number of anilines is 1. The minimum atomic E-state index is -0.190. The molecule has 4 rings (SSSR count). The van der Waals surface area contributed by atoms with Crippen LogP contribution in [0.3, 0.4) is 0 Å². The maximum atomic E-state index is 13.5. The smallest absolute Gasteiger partial charge is 0.258 e. The van der Waals surface area contributed by atoms with Crippen LogP contribution < -0.4 is 15.2 Å². The number of pyridine rings is 1. The van der Waals surface area contributed by atoms with Crippen molar-refractivity contribution in [3.63, 3.8) is 0 Å². The molecule has 30 heavy (non-hydrogen) atoms. The highest BCUT2D eigenvalue weighted by Gasteiger charge is 2.21. The quantitative estimate of drug-likeness (QED) is 0.530. The molecule has 0 aliphatic heterocycles. The van der Waals surface area contributed by atoms with Gasteiger partial charge in [-0.25, -0.2) is 0 Å². The van der Waals surface area contributed by atoms with E-state index in [4.69, 9.17) is 4.74 Å². The van der Waals surface area contributed by atoms with Crippen molar-refractivity contribution in [2.75, 3.05) is 12.0 Å². The van der Waals surface area contributed by atoms with Crippen LogP contribution >= 0.6 is 0 Å². The average Bonchev–Trinajstić information content (AvgIpc) is 2.77. The minimum Gasteiger partial charge on any atom is -0.497 e. The highest BCUT2D eigenvalue weighted by atomic mass is 16.5. The number of para-hydroxylation sites is 2. The Morgan fingerprint density at radius 2 is 1.67 bits per heavy atom. The van der Waals surface area contributed by atoms with Gasteiger partial charge in [0.15, 0.2) is 0 Å². The Morgan fingerprint density at radius 3 is 2.40 bits per heavy atom. The van der Waals surface area contributed by atoms with E-state index in [0.29, 0.717) is 11.3 Å². The third-order valence-corrected chi connectivity index (χ3v) is 5.15. The Kier molecular flexibility index (Phi) is 5.35. The van der Waals surface area contributed by atoms with Gasteiger partial charge in [0.1, 0.15) is 5.75 Å². The van der Waals surface area contributed by atoms with Crippen LogP contribution in [0.5, 0.6) is 5.75 Å². The first-order chi connectivity index (χ1) is 14.6. The van der Waals surface area contributed by atoms with Gasteiger partial charge in [0.05, 0.1) is 13.7 Å². The lowest BCUT2D eigenvalue weighted by molar-refractivity contribution is 0.0985. The second kappa shape index (κ2) is 8.25. The van der Waals surface area contributed by atoms with Crippen molar-refractivity contribution in [3.8, 4) is 5.75 Å². The van der Waals surface area contributed by atoms with Gasteiger partial charge in [-0.1, -0.05) is 36.4 Å². The number of hydrogen-bond donors (Lipinski definition) is 1. The molecule has 0 spiro atoms. The number of aryl methyl sites for hydroxylation is 1. The topological polar surface area (TPSA) is 62.4 Å². The highest BCUT2D eigenvalue weighted by Crippen LogP contribution is 2.26. The van der Waals surface area contributed by atoms with E-state index >= 15 is 0 Å². The van der Waals surface area contributed by atoms with E-state index in [-0.39, 0.29) is 18.0 Å². The number of nitrogens with zero attached hydrogens (tertiary/aromatic N) is 1. The number of carbonyl (C=O) groups excluding carboxylic acids is 1. The van der Waals surface area contributed by atoms with Crippen molar-refractivity contribution in [2.45, 2.75) is 13.5 Å². The third-order valence-electron chi connectivity index (χ3n) is 5.15. The Hall–Kier alpha value is -3.86. The summed E-state index contributed by atoms with van der Waals surface area (Å²) in [6, 6.07) is 24.0. The van der Waals surface area contributed by atoms with Gasteiger partial charge in [-0.05, 0) is 54.4 Å². The fourth-order valence-corrected chi connectivity index (χ4v) is 3.60. The fraction of sp³-hybridized carbons (Fsp3) is 0.120. The van der Waals surface area contributed by atoms with Gasteiger partial charge in [0.2, 0.25) is 5.56 Å². The van der Waals surface area contributed by atoms with Crippen LogP contribution in [0.25, 0.3) is 10.9 Å². The second-order valence-corrected chi connectivity index (χ2v) is 7.11. The predicted octanol–water partition coefficient (Wildman–Crippen LogP) is 4.69. The summed E-state index contributed by atoms with van der Waals surface area (Å²) in [5, 5.41) is 0.915. The van der Waals surface area contributed by atoms with Gasteiger partial charge in [0.25, 0.3) is 5.91 Å². The van der Waals surface area contributed by atoms with Crippen LogP contribution in [0.1, 0.15) is 21.5 Å². The van der Waals surface area contributed by atoms with E-state index in [9.17, 15) is 9.59 Å². The number of aromatic nitrogens is 1. The van der Waals surface area contributed by atoms with E-state index in [1.807, 2.05) is 55.5 Å². The van der Waals surface area contributed by atoms with Crippen LogP contribution in [0.15, 0.2) is 83.7 Å². The molecule has 5 nitrogen and oxygen atoms in total. The number of methoxy groups -OCH3 is 1. The lowest BCUT2D eigenvalue weighted by Crippen LogP contribution is -2.31. The molecular weight excluding hydrogens is 376 g/mol. The molecule has 0 bridgehead atoms. The standard InChI is InChI=1S/C25H22N2O3/c1-17-7-3-6-10-23(17)27(25(29)18-11-13-20(30-2)14-12-18)16-19-15-24(28)26-22-9-5-4-8-21(19)22/h3-15H,16H2,1-2H3,(H,26,28). The van der Waals surface area contributed by atoms with Crippen molar-refractivity contribution in [2.24, 2.45) is 0 Å². The van der Waals surface area contributed by atoms with Gasteiger partial charge in [-0.2, -0.15) is 0 Å². The Morgan fingerprint density at radius 1 is 0.967 bits per heavy atom. The molecule has 4 aromatic rings. The van der Waals surface area contributed by atoms with Gasteiger partial charge >= 0.3 is 0 Å². The largest absolute Gasteiger partial charge is 0.497 e. The summed E-state index contributed by atoms with van der Waals surface area (Å²) in [4.78, 5) is 30.3. The van der Waals surface area contributed by atoms with Crippen molar-refractivity contribution in [3.05, 3.63) is 106 Å². The number of aromatic amines is 1. The summed E-state index contributed by atoms with van der Waals surface area (Å²) in [5.41, 5.74) is 3.69. The van der Waals surface area contributed by atoms with Crippen LogP contribution in [-0.2, 0) is 6.54 Å².